The molecule has 1 saturated carbocycles. The summed E-state index contributed by atoms with van der Waals surface area (Å²) < 4.78 is 5.99. The number of nitrogens with one attached hydrogen (secondary N) is 1. The van der Waals surface area contributed by atoms with Crippen LogP contribution in [0.25, 0.3) is 0 Å². The van der Waals surface area contributed by atoms with Gasteiger partial charge in [-0.05, 0) is 42.9 Å². The summed E-state index contributed by atoms with van der Waals surface area (Å²) in [5.74, 6) is 2.92. The molecule has 1 aromatic rings. The van der Waals surface area contributed by atoms with Crippen molar-refractivity contribution in [2.45, 2.75) is 59.4 Å². The Hall–Kier alpha value is -0.760. The van der Waals surface area contributed by atoms with Crippen LogP contribution < -0.4 is 5.32 Å². The third-order valence-corrected chi connectivity index (χ3v) is 4.50. The van der Waals surface area contributed by atoms with Crippen LogP contribution in [0.3, 0.4) is 0 Å². The minimum Gasteiger partial charge on any atom is -0.464 e. The summed E-state index contributed by atoms with van der Waals surface area (Å²) in [6.45, 7) is 10.1. The molecule has 102 valence electrons. The molecule has 0 spiro atoms. The highest BCUT2D eigenvalue weighted by molar-refractivity contribution is 5.13. The van der Waals surface area contributed by atoms with Crippen molar-refractivity contribution < 1.29 is 4.42 Å². The minimum absolute atomic E-state index is 0.382. The van der Waals surface area contributed by atoms with E-state index in [9.17, 15) is 0 Å². The third-order valence-electron chi connectivity index (χ3n) is 4.50. The van der Waals surface area contributed by atoms with Crippen molar-refractivity contribution in [3.8, 4) is 0 Å². The second kappa shape index (κ2) is 5.48. The van der Waals surface area contributed by atoms with Crippen LogP contribution >= 0.6 is 0 Å². The molecule has 0 aliphatic heterocycles. The van der Waals surface area contributed by atoms with Crippen molar-refractivity contribution in [3.63, 3.8) is 0 Å². The molecule has 0 amide bonds. The van der Waals surface area contributed by atoms with E-state index < -0.39 is 0 Å². The van der Waals surface area contributed by atoms with Crippen LogP contribution in [0.2, 0.25) is 0 Å². The van der Waals surface area contributed by atoms with Crippen LogP contribution in [0.5, 0.6) is 0 Å². The Labute approximate surface area is 111 Å². The molecule has 1 fully saturated rings. The van der Waals surface area contributed by atoms with E-state index in [-0.39, 0.29) is 0 Å². The molecule has 2 unspecified atom stereocenters. The molecular weight excluding hydrogens is 222 g/mol. The molecule has 1 aliphatic rings. The van der Waals surface area contributed by atoms with Crippen LogP contribution in [0.4, 0.5) is 0 Å². The highest BCUT2D eigenvalue weighted by Crippen LogP contribution is 2.48. The molecule has 0 radical (unpaired) electrons. The monoisotopic (exact) mass is 249 g/mol. The first-order valence-corrected chi connectivity index (χ1v) is 7.40. The number of rotatable bonds is 5. The van der Waals surface area contributed by atoms with Gasteiger partial charge in [0.25, 0.3) is 0 Å². The van der Waals surface area contributed by atoms with Crippen LogP contribution in [0, 0.1) is 11.3 Å². The molecule has 1 N–H and O–H groups in total. The molecule has 1 aliphatic carbocycles. The zero-order valence-corrected chi connectivity index (χ0v) is 12.3. The van der Waals surface area contributed by atoms with E-state index in [1.165, 1.54) is 19.3 Å². The maximum absolute atomic E-state index is 5.99. The predicted octanol–water partition coefficient (Wildman–Crippen LogP) is 4.32. The summed E-state index contributed by atoms with van der Waals surface area (Å²) in [5, 5.41) is 3.64. The van der Waals surface area contributed by atoms with E-state index in [0.29, 0.717) is 17.4 Å². The summed E-state index contributed by atoms with van der Waals surface area (Å²) in [4.78, 5) is 0. The number of aryl methyl sites for hydroxylation is 1. The lowest BCUT2D eigenvalue weighted by Gasteiger charge is -2.33. The first kappa shape index (κ1) is 13.7. The van der Waals surface area contributed by atoms with Gasteiger partial charge in [0.05, 0.1) is 6.04 Å². The molecule has 1 aromatic heterocycles. The lowest BCUT2D eigenvalue weighted by atomic mass is 9.77. The third kappa shape index (κ3) is 2.64. The molecule has 2 rings (SSSR count). The van der Waals surface area contributed by atoms with Crippen LogP contribution in [0.1, 0.15) is 64.5 Å². The molecule has 1 heterocycles. The molecular formula is C16H27NO. The molecule has 0 aromatic carbocycles. The fourth-order valence-electron chi connectivity index (χ4n) is 3.38. The van der Waals surface area contributed by atoms with E-state index in [4.69, 9.17) is 4.42 Å². The lowest BCUT2D eigenvalue weighted by Crippen LogP contribution is -2.33. The standard InChI is InChI=1S/C16H27NO/c1-5-12-9-10-14(18-12)15(17-6-2)13-8-7-11-16(13,3)4/h9-10,13,15,17H,5-8,11H2,1-4H3. The molecule has 2 atom stereocenters. The highest BCUT2D eigenvalue weighted by atomic mass is 16.3. The Kier molecular flexibility index (Phi) is 4.16. The van der Waals surface area contributed by atoms with Crippen molar-refractivity contribution in [2.24, 2.45) is 11.3 Å². The number of hydrogen-bond acceptors (Lipinski definition) is 2. The van der Waals surface area contributed by atoms with E-state index >= 15 is 0 Å². The maximum atomic E-state index is 5.99. The van der Waals surface area contributed by atoms with Crippen molar-refractivity contribution in [1.82, 2.24) is 5.32 Å². The predicted molar refractivity (Wildman–Crippen MR) is 75.6 cm³/mol. The molecule has 2 heteroatoms. The van der Waals surface area contributed by atoms with E-state index in [2.05, 4.69) is 45.1 Å². The van der Waals surface area contributed by atoms with Crippen LogP contribution in [-0.4, -0.2) is 6.54 Å². The highest BCUT2D eigenvalue weighted by Gasteiger charge is 2.40. The number of furan rings is 1. The fraction of sp³-hybridized carbons (Fsp3) is 0.750. The Morgan fingerprint density at radius 3 is 2.67 bits per heavy atom. The van der Waals surface area contributed by atoms with Gasteiger partial charge in [-0.3, -0.25) is 0 Å². The van der Waals surface area contributed by atoms with Gasteiger partial charge in [0.1, 0.15) is 11.5 Å². The van der Waals surface area contributed by atoms with Gasteiger partial charge in [0, 0.05) is 6.42 Å². The Balaban J connectivity index is 2.22. The smallest absolute Gasteiger partial charge is 0.121 e. The maximum Gasteiger partial charge on any atom is 0.121 e. The molecule has 0 saturated heterocycles. The fourth-order valence-corrected chi connectivity index (χ4v) is 3.38. The summed E-state index contributed by atoms with van der Waals surface area (Å²) in [7, 11) is 0. The number of hydrogen-bond donors (Lipinski definition) is 1. The lowest BCUT2D eigenvalue weighted by molar-refractivity contribution is 0.180. The second-order valence-electron chi connectivity index (χ2n) is 6.18. The Bertz CT molecular complexity index is 380. The zero-order valence-electron chi connectivity index (χ0n) is 12.3. The van der Waals surface area contributed by atoms with Gasteiger partial charge in [-0.1, -0.05) is 34.1 Å². The van der Waals surface area contributed by atoms with Gasteiger partial charge in [0.2, 0.25) is 0 Å². The van der Waals surface area contributed by atoms with Gasteiger partial charge in [-0.2, -0.15) is 0 Å². The van der Waals surface area contributed by atoms with Crippen molar-refractivity contribution in [1.29, 1.82) is 0 Å². The van der Waals surface area contributed by atoms with Gasteiger partial charge >= 0.3 is 0 Å². The summed E-state index contributed by atoms with van der Waals surface area (Å²) in [5.41, 5.74) is 0.423. The summed E-state index contributed by atoms with van der Waals surface area (Å²) in [6, 6.07) is 4.68. The normalized spacial score (nSPS) is 24.3. The van der Waals surface area contributed by atoms with E-state index in [0.717, 1.165) is 24.5 Å². The van der Waals surface area contributed by atoms with Gasteiger partial charge < -0.3 is 9.73 Å². The minimum atomic E-state index is 0.382. The molecule has 18 heavy (non-hydrogen) atoms. The Morgan fingerprint density at radius 2 is 2.17 bits per heavy atom. The van der Waals surface area contributed by atoms with Crippen molar-refractivity contribution in [3.05, 3.63) is 23.7 Å². The average Bonchev–Trinajstić information content (AvgIpc) is 2.92. The topological polar surface area (TPSA) is 25.2 Å². The van der Waals surface area contributed by atoms with Gasteiger partial charge in [0.15, 0.2) is 0 Å². The van der Waals surface area contributed by atoms with Crippen molar-refractivity contribution >= 4 is 0 Å². The first-order valence-electron chi connectivity index (χ1n) is 7.40. The first-order chi connectivity index (χ1) is 8.58. The quantitative estimate of drug-likeness (QED) is 0.840. The molecule has 0 bridgehead atoms. The van der Waals surface area contributed by atoms with E-state index in [1.807, 2.05) is 0 Å². The van der Waals surface area contributed by atoms with Gasteiger partial charge in [-0.15, -0.1) is 0 Å². The zero-order chi connectivity index (χ0) is 13.2. The summed E-state index contributed by atoms with van der Waals surface area (Å²) >= 11 is 0. The summed E-state index contributed by atoms with van der Waals surface area (Å²) in [6.07, 6.45) is 4.97. The van der Waals surface area contributed by atoms with Crippen LogP contribution in [-0.2, 0) is 6.42 Å². The van der Waals surface area contributed by atoms with E-state index in [1.54, 1.807) is 0 Å². The van der Waals surface area contributed by atoms with Gasteiger partial charge in [-0.25, -0.2) is 0 Å². The van der Waals surface area contributed by atoms with Crippen molar-refractivity contribution in [2.75, 3.05) is 6.54 Å². The average molecular weight is 249 g/mol. The SMILES string of the molecule is CCNC(c1ccc(CC)o1)C1CCCC1(C)C. The second-order valence-corrected chi connectivity index (χ2v) is 6.18. The Morgan fingerprint density at radius 1 is 1.39 bits per heavy atom. The van der Waals surface area contributed by atoms with Crippen LogP contribution in [0.15, 0.2) is 16.5 Å². The largest absolute Gasteiger partial charge is 0.464 e. The molecule has 2 nitrogen and oxygen atoms in total.